The molecule has 1 atom stereocenters. The molecule has 3 aliphatic rings. The van der Waals surface area contributed by atoms with Crippen molar-refractivity contribution in [1.82, 2.24) is 4.90 Å². The van der Waals surface area contributed by atoms with E-state index in [0.717, 1.165) is 18.8 Å². The largest absolute Gasteiger partial charge is 0.437 e. The summed E-state index contributed by atoms with van der Waals surface area (Å²) in [5.41, 5.74) is 0.244. The van der Waals surface area contributed by atoms with Crippen LogP contribution in [0.25, 0.3) is 0 Å². The normalized spacial score (nSPS) is 29.2. The van der Waals surface area contributed by atoms with Gasteiger partial charge in [-0.15, -0.1) is 0 Å². The van der Waals surface area contributed by atoms with Crippen molar-refractivity contribution in [1.29, 1.82) is 0 Å². The van der Waals surface area contributed by atoms with Crippen molar-refractivity contribution in [3.8, 4) is 0 Å². The first-order valence-electron chi connectivity index (χ1n) is 8.73. The van der Waals surface area contributed by atoms with Gasteiger partial charge in [0.05, 0.1) is 19.8 Å². The van der Waals surface area contributed by atoms with Crippen LogP contribution in [0.5, 0.6) is 0 Å². The Kier molecular flexibility index (Phi) is 4.41. The molecule has 1 unspecified atom stereocenters. The first kappa shape index (κ1) is 16.2. The molecule has 1 spiro atoms. The molecule has 2 saturated heterocycles. The van der Waals surface area contributed by atoms with Gasteiger partial charge in [-0.3, -0.25) is 9.80 Å². The molecule has 2 heterocycles. The van der Waals surface area contributed by atoms with Gasteiger partial charge in [-0.25, -0.2) is 4.79 Å². The number of ether oxygens (including phenoxy) is 2. The second-order valence-electron chi connectivity index (χ2n) is 7.07. The van der Waals surface area contributed by atoms with Crippen LogP contribution in [-0.4, -0.2) is 55.5 Å². The second-order valence-corrected chi connectivity index (χ2v) is 7.51. The van der Waals surface area contributed by atoms with Gasteiger partial charge in [0.25, 0.3) is 0 Å². The van der Waals surface area contributed by atoms with Gasteiger partial charge < -0.3 is 9.47 Å². The lowest BCUT2D eigenvalue weighted by Crippen LogP contribution is -2.50. The summed E-state index contributed by atoms with van der Waals surface area (Å²) in [7, 11) is 0. The SMILES string of the molecule is O=C1OC2(COCCN(C3CCCC3)C2)CN1c1ccc(Cl)cc1. The van der Waals surface area contributed by atoms with Crippen LogP contribution in [0.2, 0.25) is 5.02 Å². The Morgan fingerprint density at radius 1 is 1.12 bits per heavy atom. The lowest BCUT2D eigenvalue weighted by atomic mass is 10.0. The molecule has 1 amide bonds. The fourth-order valence-electron chi connectivity index (χ4n) is 4.12. The number of carbonyl (C=O) groups is 1. The summed E-state index contributed by atoms with van der Waals surface area (Å²) in [6.45, 7) is 3.37. The molecule has 1 aliphatic carbocycles. The van der Waals surface area contributed by atoms with Gasteiger partial charge in [0.2, 0.25) is 0 Å². The standard InChI is InChI=1S/C18H23ClN2O3/c19-14-5-7-16(8-6-14)21-12-18(24-17(21)22)11-20(9-10-23-13-18)15-3-1-2-4-15/h5-8,15H,1-4,9-13H2. The van der Waals surface area contributed by atoms with E-state index in [-0.39, 0.29) is 6.09 Å². The molecule has 0 aromatic heterocycles. The number of rotatable bonds is 2. The predicted molar refractivity (Wildman–Crippen MR) is 92.7 cm³/mol. The molecule has 6 heteroatoms. The Bertz CT molecular complexity index is 603. The Morgan fingerprint density at radius 2 is 1.88 bits per heavy atom. The van der Waals surface area contributed by atoms with E-state index in [1.165, 1.54) is 25.7 Å². The Hall–Kier alpha value is -1.30. The topological polar surface area (TPSA) is 42.0 Å². The quantitative estimate of drug-likeness (QED) is 0.820. The van der Waals surface area contributed by atoms with Crippen LogP contribution in [0, 0.1) is 0 Å². The number of benzene rings is 1. The fourth-order valence-corrected chi connectivity index (χ4v) is 4.24. The van der Waals surface area contributed by atoms with Crippen molar-refractivity contribution in [3.63, 3.8) is 0 Å². The van der Waals surface area contributed by atoms with E-state index >= 15 is 0 Å². The molecule has 0 bridgehead atoms. The number of hydrogen-bond donors (Lipinski definition) is 0. The molecule has 1 aromatic carbocycles. The van der Waals surface area contributed by atoms with Crippen molar-refractivity contribution in [2.45, 2.75) is 37.3 Å². The molecule has 0 radical (unpaired) electrons. The minimum Gasteiger partial charge on any atom is -0.437 e. The van der Waals surface area contributed by atoms with Crippen molar-refractivity contribution in [2.75, 3.05) is 37.7 Å². The van der Waals surface area contributed by atoms with Crippen LogP contribution in [0.1, 0.15) is 25.7 Å². The Balaban J connectivity index is 1.53. The zero-order chi connectivity index (χ0) is 16.6. The summed E-state index contributed by atoms with van der Waals surface area (Å²) in [6, 6.07) is 7.91. The monoisotopic (exact) mass is 350 g/mol. The minimum absolute atomic E-state index is 0.297. The molecule has 1 aromatic rings. The number of amides is 1. The number of anilines is 1. The lowest BCUT2D eigenvalue weighted by molar-refractivity contribution is -0.0179. The lowest BCUT2D eigenvalue weighted by Gasteiger charge is -2.33. The highest BCUT2D eigenvalue weighted by atomic mass is 35.5. The van der Waals surface area contributed by atoms with E-state index in [2.05, 4.69) is 4.90 Å². The molecule has 130 valence electrons. The fraction of sp³-hybridized carbons (Fsp3) is 0.611. The summed E-state index contributed by atoms with van der Waals surface area (Å²) >= 11 is 5.95. The van der Waals surface area contributed by atoms with Gasteiger partial charge in [0.15, 0.2) is 5.60 Å². The highest BCUT2D eigenvalue weighted by molar-refractivity contribution is 6.30. The summed E-state index contributed by atoms with van der Waals surface area (Å²) in [6.07, 6.45) is 4.78. The molecule has 4 rings (SSSR count). The average molecular weight is 351 g/mol. The van der Waals surface area contributed by atoms with Crippen LogP contribution in [-0.2, 0) is 9.47 Å². The van der Waals surface area contributed by atoms with E-state index < -0.39 is 5.60 Å². The summed E-state index contributed by atoms with van der Waals surface area (Å²) in [5, 5.41) is 0.659. The second kappa shape index (κ2) is 6.54. The number of halogens is 1. The number of nitrogens with zero attached hydrogens (tertiary/aromatic N) is 2. The maximum Gasteiger partial charge on any atom is 0.415 e. The first-order chi connectivity index (χ1) is 11.7. The number of hydrogen-bond acceptors (Lipinski definition) is 4. The van der Waals surface area contributed by atoms with Crippen molar-refractivity contribution in [3.05, 3.63) is 29.3 Å². The van der Waals surface area contributed by atoms with Crippen LogP contribution in [0.4, 0.5) is 10.5 Å². The summed E-state index contributed by atoms with van der Waals surface area (Å²) < 4.78 is 11.7. The highest BCUT2D eigenvalue weighted by Crippen LogP contribution is 2.33. The summed E-state index contributed by atoms with van der Waals surface area (Å²) in [5.74, 6) is 0. The zero-order valence-corrected chi connectivity index (χ0v) is 14.5. The zero-order valence-electron chi connectivity index (χ0n) is 13.7. The van der Waals surface area contributed by atoms with Crippen LogP contribution in [0.15, 0.2) is 24.3 Å². The van der Waals surface area contributed by atoms with Crippen LogP contribution in [0.3, 0.4) is 0 Å². The van der Waals surface area contributed by atoms with Crippen LogP contribution >= 0.6 is 11.6 Å². The van der Waals surface area contributed by atoms with E-state index in [1.807, 2.05) is 12.1 Å². The summed E-state index contributed by atoms with van der Waals surface area (Å²) in [4.78, 5) is 16.6. The predicted octanol–water partition coefficient (Wildman–Crippen LogP) is 3.31. The third-order valence-electron chi connectivity index (χ3n) is 5.33. The van der Waals surface area contributed by atoms with Crippen molar-refractivity contribution < 1.29 is 14.3 Å². The molecular formula is C18H23ClN2O3. The third-order valence-corrected chi connectivity index (χ3v) is 5.58. The molecule has 5 nitrogen and oxygen atoms in total. The van der Waals surface area contributed by atoms with E-state index in [1.54, 1.807) is 17.0 Å². The van der Waals surface area contributed by atoms with Crippen molar-refractivity contribution >= 4 is 23.4 Å². The average Bonchev–Trinajstić information content (AvgIpc) is 3.15. The molecule has 3 fully saturated rings. The molecule has 1 saturated carbocycles. The van der Waals surface area contributed by atoms with E-state index in [4.69, 9.17) is 21.1 Å². The minimum atomic E-state index is -0.574. The molecular weight excluding hydrogens is 328 g/mol. The van der Waals surface area contributed by atoms with Gasteiger partial charge in [0.1, 0.15) is 0 Å². The maximum atomic E-state index is 12.5. The van der Waals surface area contributed by atoms with Gasteiger partial charge in [0, 0.05) is 29.8 Å². The highest BCUT2D eigenvalue weighted by Gasteiger charge is 2.49. The van der Waals surface area contributed by atoms with E-state index in [0.29, 0.717) is 30.8 Å². The van der Waals surface area contributed by atoms with E-state index in [9.17, 15) is 4.79 Å². The van der Waals surface area contributed by atoms with Crippen LogP contribution < -0.4 is 4.90 Å². The van der Waals surface area contributed by atoms with Crippen molar-refractivity contribution in [2.24, 2.45) is 0 Å². The first-order valence-corrected chi connectivity index (χ1v) is 9.11. The number of carbonyl (C=O) groups excluding carboxylic acids is 1. The maximum absolute atomic E-state index is 12.5. The van der Waals surface area contributed by atoms with Gasteiger partial charge in [-0.2, -0.15) is 0 Å². The molecule has 24 heavy (non-hydrogen) atoms. The Morgan fingerprint density at radius 3 is 2.62 bits per heavy atom. The molecule has 0 N–H and O–H groups in total. The third kappa shape index (κ3) is 3.13. The molecule has 2 aliphatic heterocycles. The Labute approximate surface area is 147 Å². The van der Waals surface area contributed by atoms with Gasteiger partial charge in [-0.05, 0) is 37.1 Å². The van der Waals surface area contributed by atoms with Gasteiger partial charge in [-0.1, -0.05) is 24.4 Å². The smallest absolute Gasteiger partial charge is 0.415 e. The van der Waals surface area contributed by atoms with Gasteiger partial charge >= 0.3 is 6.09 Å².